The van der Waals surface area contributed by atoms with Crippen molar-refractivity contribution < 1.29 is 4.79 Å². The summed E-state index contributed by atoms with van der Waals surface area (Å²) in [4.78, 5) is 11.5. The van der Waals surface area contributed by atoms with Crippen LogP contribution < -0.4 is 11.1 Å². The molecule has 1 aromatic carbocycles. The van der Waals surface area contributed by atoms with Crippen molar-refractivity contribution in [2.45, 2.75) is 6.42 Å². The highest BCUT2D eigenvalue weighted by molar-refractivity contribution is 5.91. The van der Waals surface area contributed by atoms with Crippen LogP contribution in [-0.2, 0) is 11.8 Å². The highest BCUT2D eigenvalue weighted by Gasteiger charge is 2.04. The van der Waals surface area contributed by atoms with Gasteiger partial charge in [0.25, 0.3) is 0 Å². The summed E-state index contributed by atoms with van der Waals surface area (Å²) in [6.45, 7) is 0.355. The second kappa shape index (κ2) is 5.46. The Balaban J connectivity index is 2.17. The molecule has 0 saturated heterocycles. The number of aromatic nitrogens is 2. The Hall–Kier alpha value is -2.14. The van der Waals surface area contributed by atoms with E-state index in [2.05, 4.69) is 10.4 Å². The molecule has 0 aliphatic carbocycles. The minimum atomic E-state index is -0.0687. The summed E-state index contributed by atoms with van der Waals surface area (Å²) >= 11 is 0. The zero-order chi connectivity index (χ0) is 13.0. The maximum Gasteiger partial charge on any atom is 0.225 e. The van der Waals surface area contributed by atoms with Crippen LogP contribution in [0.4, 0.5) is 5.69 Å². The third kappa shape index (κ3) is 2.95. The van der Waals surface area contributed by atoms with Crippen LogP contribution in [0.5, 0.6) is 0 Å². The number of carbonyl (C=O) groups excluding carboxylic acids is 1. The van der Waals surface area contributed by atoms with Crippen molar-refractivity contribution in [3.8, 4) is 11.1 Å². The van der Waals surface area contributed by atoms with Crippen LogP contribution in [0.3, 0.4) is 0 Å². The van der Waals surface area contributed by atoms with Gasteiger partial charge in [-0.3, -0.25) is 9.48 Å². The molecule has 0 aliphatic rings. The van der Waals surface area contributed by atoms with E-state index in [1.807, 2.05) is 37.5 Å². The van der Waals surface area contributed by atoms with Gasteiger partial charge < -0.3 is 11.1 Å². The van der Waals surface area contributed by atoms with Gasteiger partial charge in [-0.2, -0.15) is 5.10 Å². The molecule has 3 N–H and O–H groups in total. The van der Waals surface area contributed by atoms with Gasteiger partial charge in [-0.1, -0.05) is 12.1 Å². The molecule has 0 spiro atoms. The molecule has 5 heteroatoms. The lowest BCUT2D eigenvalue weighted by Gasteiger charge is -2.05. The van der Waals surface area contributed by atoms with Crippen LogP contribution in [-0.4, -0.2) is 22.2 Å². The lowest BCUT2D eigenvalue weighted by Crippen LogP contribution is -2.16. The molecule has 0 aliphatic heterocycles. The molecule has 0 bridgehead atoms. The predicted octanol–water partition coefficient (Wildman–Crippen LogP) is 1.37. The first-order valence-electron chi connectivity index (χ1n) is 5.78. The molecule has 0 unspecified atom stereocenters. The number of nitrogens with two attached hydrogens (primary N) is 1. The summed E-state index contributed by atoms with van der Waals surface area (Å²) in [5.41, 5.74) is 8.15. The number of rotatable bonds is 4. The second-order valence-electron chi connectivity index (χ2n) is 4.07. The summed E-state index contributed by atoms with van der Waals surface area (Å²) in [5.74, 6) is -0.0687. The number of aryl methyl sites for hydroxylation is 1. The van der Waals surface area contributed by atoms with Gasteiger partial charge in [-0.05, 0) is 17.7 Å². The minimum Gasteiger partial charge on any atom is -0.330 e. The average Bonchev–Trinajstić information content (AvgIpc) is 2.76. The van der Waals surface area contributed by atoms with E-state index in [9.17, 15) is 4.79 Å². The molecule has 0 fully saturated rings. The number of nitrogens with one attached hydrogen (secondary N) is 1. The van der Waals surface area contributed by atoms with E-state index in [0.717, 1.165) is 16.8 Å². The van der Waals surface area contributed by atoms with Crippen LogP contribution in [0.15, 0.2) is 36.7 Å². The Labute approximate surface area is 106 Å². The molecule has 2 rings (SSSR count). The smallest absolute Gasteiger partial charge is 0.225 e. The number of anilines is 1. The summed E-state index contributed by atoms with van der Waals surface area (Å²) in [6.07, 6.45) is 4.05. The van der Waals surface area contributed by atoms with E-state index in [1.165, 1.54) is 0 Å². The molecule has 5 nitrogen and oxygen atoms in total. The van der Waals surface area contributed by atoms with E-state index in [0.29, 0.717) is 13.0 Å². The molecule has 18 heavy (non-hydrogen) atoms. The zero-order valence-corrected chi connectivity index (χ0v) is 10.3. The van der Waals surface area contributed by atoms with Crippen LogP contribution in [0, 0.1) is 0 Å². The fourth-order valence-electron chi connectivity index (χ4n) is 1.70. The summed E-state index contributed by atoms with van der Waals surface area (Å²) in [6, 6.07) is 7.66. The number of hydrogen-bond acceptors (Lipinski definition) is 3. The number of nitrogens with zero attached hydrogens (tertiary/aromatic N) is 2. The monoisotopic (exact) mass is 244 g/mol. The van der Waals surface area contributed by atoms with Crippen molar-refractivity contribution in [2.24, 2.45) is 12.8 Å². The van der Waals surface area contributed by atoms with Gasteiger partial charge in [0.15, 0.2) is 0 Å². The first-order chi connectivity index (χ1) is 8.69. The van der Waals surface area contributed by atoms with Crippen molar-refractivity contribution in [1.82, 2.24) is 9.78 Å². The van der Waals surface area contributed by atoms with Gasteiger partial charge in [0.05, 0.1) is 6.20 Å². The van der Waals surface area contributed by atoms with Gasteiger partial charge in [0, 0.05) is 37.5 Å². The molecule has 0 radical (unpaired) electrons. The maximum atomic E-state index is 11.5. The molecular weight excluding hydrogens is 228 g/mol. The zero-order valence-electron chi connectivity index (χ0n) is 10.3. The average molecular weight is 244 g/mol. The van der Waals surface area contributed by atoms with Crippen LogP contribution in [0.25, 0.3) is 11.1 Å². The Kier molecular flexibility index (Phi) is 3.74. The van der Waals surface area contributed by atoms with Gasteiger partial charge in [-0.25, -0.2) is 0 Å². The highest BCUT2D eigenvalue weighted by atomic mass is 16.1. The molecule has 1 amide bonds. The molecule has 0 saturated carbocycles. The van der Waals surface area contributed by atoms with Crippen molar-refractivity contribution in [2.75, 3.05) is 11.9 Å². The van der Waals surface area contributed by atoms with Gasteiger partial charge in [0.1, 0.15) is 0 Å². The SMILES string of the molecule is Cn1cc(-c2cccc(NC(=O)CCN)c2)cn1. The van der Waals surface area contributed by atoms with Gasteiger partial charge in [-0.15, -0.1) is 0 Å². The summed E-state index contributed by atoms with van der Waals surface area (Å²) < 4.78 is 1.75. The number of carbonyl (C=O) groups is 1. The Morgan fingerprint density at radius 2 is 2.28 bits per heavy atom. The standard InChI is InChI=1S/C13H16N4O/c1-17-9-11(8-15-17)10-3-2-4-12(7-10)16-13(18)5-6-14/h2-4,7-9H,5-6,14H2,1H3,(H,16,18). The quantitative estimate of drug-likeness (QED) is 0.853. The Morgan fingerprint density at radius 1 is 1.44 bits per heavy atom. The van der Waals surface area contributed by atoms with E-state index in [4.69, 9.17) is 5.73 Å². The minimum absolute atomic E-state index is 0.0687. The first-order valence-corrected chi connectivity index (χ1v) is 5.78. The fourth-order valence-corrected chi connectivity index (χ4v) is 1.70. The number of benzene rings is 1. The molecular formula is C13H16N4O. The second-order valence-corrected chi connectivity index (χ2v) is 4.07. The highest BCUT2D eigenvalue weighted by Crippen LogP contribution is 2.21. The largest absolute Gasteiger partial charge is 0.330 e. The number of amides is 1. The van der Waals surface area contributed by atoms with Crippen LogP contribution >= 0.6 is 0 Å². The van der Waals surface area contributed by atoms with Gasteiger partial charge in [0.2, 0.25) is 5.91 Å². The first kappa shape index (κ1) is 12.3. The lowest BCUT2D eigenvalue weighted by atomic mass is 10.1. The third-order valence-electron chi connectivity index (χ3n) is 2.56. The van der Waals surface area contributed by atoms with Crippen molar-refractivity contribution in [3.63, 3.8) is 0 Å². The van der Waals surface area contributed by atoms with E-state index in [1.54, 1.807) is 10.9 Å². The van der Waals surface area contributed by atoms with Crippen molar-refractivity contribution in [3.05, 3.63) is 36.7 Å². The number of hydrogen-bond donors (Lipinski definition) is 2. The van der Waals surface area contributed by atoms with E-state index < -0.39 is 0 Å². The Bertz CT molecular complexity index is 547. The van der Waals surface area contributed by atoms with Gasteiger partial charge >= 0.3 is 0 Å². The molecule has 1 heterocycles. The van der Waals surface area contributed by atoms with Crippen molar-refractivity contribution in [1.29, 1.82) is 0 Å². The fraction of sp³-hybridized carbons (Fsp3) is 0.231. The lowest BCUT2D eigenvalue weighted by molar-refractivity contribution is -0.116. The molecule has 94 valence electrons. The topological polar surface area (TPSA) is 72.9 Å². The summed E-state index contributed by atoms with van der Waals surface area (Å²) in [5, 5.41) is 6.94. The Morgan fingerprint density at radius 3 is 2.94 bits per heavy atom. The molecule has 0 atom stereocenters. The normalized spacial score (nSPS) is 10.3. The van der Waals surface area contributed by atoms with E-state index >= 15 is 0 Å². The molecule has 2 aromatic rings. The third-order valence-corrected chi connectivity index (χ3v) is 2.56. The van der Waals surface area contributed by atoms with Crippen molar-refractivity contribution >= 4 is 11.6 Å². The molecule has 1 aromatic heterocycles. The summed E-state index contributed by atoms with van der Waals surface area (Å²) in [7, 11) is 1.87. The predicted molar refractivity (Wildman–Crippen MR) is 70.9 cm³/mol. The van der Waals surface area contributed by atoms with Crippen LogP contribution in [0.1, 0.15) is 6.42 Å². The van der Waals surface area contributed by atoms with E-state index in [-0.39, 0.29) is 5.91 Å². The van der Waals surface area contributed by atoms with Crippen LogP contribution in [0.2, 0.25) is 0 Å². The maximum absolute atomic E-state index is 11.5.